The van der Waals surface area contributed by atoms with Gasteiger partial charge in [0.1, 0.15) is 6.61 Å². The first-order chi connectivity index (χ1) is 4.81. The zero-order chi connectivity index (χ0) is 7.82. The normalized spacial score (nSPS) is 16.4. The molecule has 1 aliphatic heterocycles. The summed E-state index contributed by atoms with van der Waals surface area (Å²) in [6, 6.07) is 0. The van der Waals surface area contributed by atoms with Gasteiger partial charge in [-0.2, -0.15) is 0 Å². The number of methoxy groups -OCH3 is 1. The molecule has 1 aliphatic rings. The van der Waals surface area contributed by atoms with E-state index in [4.69, 9.17) is 4.74 Å². The summed E-state index contributed by atoms with van der Waals surface area (Å²) in [5.74, 6) is 0.231. The van der Waals surface area contributed by atoms with Crippen molar-refractivity contribution in [3.05, 3.63) is 0 Å². The van der Waals surface area contributed by atoms with Crippen LogP contribution in [0.1, 0.15) is 13.3 Å². The van der Waals surface area contributed by atoms with E-state index in [0.29, 0.717) is 19.6 Å². The van der Waals surface area contributed by atoms with Crippen LogP contribution in [0.15, 0.2) is 0 Å². The summed E-state index contributed by atoms with van der Waals surface area (Å²) >= 11 is 0. The van der Waals surface area contributed by atoms with E-state index in [2.05, 4.69) is 4.74 Å². The number of hydrogen-bond acceptors (Lipinski definition) is 3. The Morgan fingerprint density at radius 1 is 1.70 bits per heavy atom. The predicted molar refractivity (Wildman–Crippen MR) is 38.0 cm³/mol. The lowest BCUT2D eigenvalue weighted by atomic mass is 10.4. The summed E-state index contributed by atoms with van der Waals surface area (Å²) in [6.07, 6.45) is 0.625. The molecular weight excluding hydrogens is 132 g/mol. The first kappa shape index (κ1) is 9.59. The van der Waals surface area contributed by atoms with Crippen LogP contribution in [0.3, 0.4) is 0 Å². The minimum atomic E-state index is 0.231. The van der Waals surface area contributed by atoms with Gasteiger partial charge in [0, 0.05) is 20.1 Å². The van der Waals surface area contributed by atoms with E-state index in [1.807, 2.05) is 6.92 Å². The van der Waals surface area contributed by atoms with Gasteiger partial charge < -0.3 is 9.47 Å². The molecule has 0 radical (unpaired) electrons. The van der Waals surface area contributed by atoms with E-state index in [9.17, 15) is 4.79 Å². The van der Waals surface area contributed by atoms with Crippen molar-refractivity contribution in [2.75, 3.05) is 26.9 Å². The summed E-state index contributed by atoms with van der Waals surface area (Å²) in [5.41, 5.74) is 0. The van der Waals surface area contributed by atoms with Crippen molar-refractivity contribution in [3.8, 4) is 0 Å². The van der Waals surface area contributed by atoms with E-state index in [1.165, 1.54) is 0 Å². The summed E-state index contributed by atoms with van der Waals surface area (Å²) in [6.45, 7) is 3.76. The number of carbonyl (C=O) groups excluding carboxylic acids is 1. The van der Waals surface area contributed by atoms with Gasteiger partial charge in [0.15, 0.2) is 5.78 Å². The molecule has 1 rings (SSSR count). The van der Waals surface area contributed by atoms with Crippen molar-refractivity contribution in [1.82, 2.24) is 0 Å². The quantitative estimate of drug-likeness (QED) is 0.544. The first-order valence-corrected chi connectivity index (χ1v) is 3.39. The topological polar surface area (TPSA) is 35.5 Å². The summed E-state index contributed by atoms with van der Waals surface area (Å²) in [5, 5.41) is 0. The van der Waals surface area contributed by atoms with Gasteiger partial charge in [-0.05, 0) is 6.92 Å². The molecule has 1 fully saturated rings. The highest BCUT2D eigenvalue weighted by Crippen LogP contribution is 1.94. The third kappa shape index (κ3) is 5.72. The first-order valence-electron chi connectivity index (χ1n) is 3.39. The van der Waals surface area contributed by atoms with Crippen molar-refractivity contribution in [3.63, 3.8) is 0 Å². The number of ketones is 1. The molecule has 1 saturated heterocycles. The van der Waals surface area contributed by atoms with E-state index in [0.717, 1.165) is 6.61 Å². The Morgan fingerprint density at radius 2 is 2.30 bits per heavy atom. The lowest BCUT2D eigenvalue weighted by molar-refractivity contribution is -0.117. The molecule has 0 aromatic carbocycles. The molecule has 0 unspecified atom stereocenters. The standard InChI is InChI=1S/C4H6O2.C3H8O/c5-4-1-2-6-3-4;1-3-4-2/h1-3H2;3H2,1-2H3. The molecule has 0 aromatic heterocycles. The Labute approximate surface area is 61.3 Å². The highest BCUT2D eigenvalue weighted by atomic mass is 16.5. The van der Waals surface area contributed by atoms with Crippen LogP contribution in [-0.2, 0) is 14.3 Å². The van der Waals surface area contributed by atoms with Crippen LogP contribution < -0.4 is 0 Å². The van der Waals surface area contributed by atoms with Crippen molar-refractivity contribution < 1.29 is 14.3 Å². The SMILES string of the molecule is CCOC.O=C1CCOC1. The van der Waals surface area contributed by atoms with E-state index in [1.54, 1.807) is 7.11 Å². The molecule has 0 N–H and O–H groups in total. The second-order valence-electron chi connectivity index (χ2n) is 1.92. The largest absolute Gasteiger partial charge is 0.385 e. The molecule has 0 saturated carbocycles. The molecule has 3 nitrogen and oxygen atoms in total. The fourth-order valence-corrected chi connectivity index (χ4v) is 0.444. The second-order valence-corrected chi connectivity index (χ2v) is 1.92. The van der Waals surface area contributed by atoms with Crippen LogP contribution in [-0.4, -0.2) is 32.7 Å². The third-order valence-electron chi connectivity index (χ3n) is 1.08. The molecular formula is C7H14O3. The molecule has 3 heteroatoms. The molecule has 0 bridgehead atoms. The molecule has 10 heavy (non-hydrogen) atoms. The molecule has 0 amide bonds. The van der Waals surface area contributed by atoms with Crippen molar-refractivity contribution in [2.24, 2.45) is 0 Å². The van der Waals surface area contributed by atoms with Crippen molar-refractivity contribution >= 4 is 5.78 Å². The average Bonchev–Trinajstić information content (AvgIpc) is 2.40. The summed E-state index contributed by atoms with van der Waals surface area (Å²) in [4.78, 5) is 10.1. The lowest BCUT2D eigenvalue weighted by Gasteiger charge is -1.76. The van der Waals surface area contributed by atoms with Gasteiger partial charge in [0.05, 0.1) is 6.61 Å². The summed E-state index contributed by atoms with van der Waals surface area (Å²) in [7, 11) is 1.68. The van der Waals surface area contributed by atoms with E-state index in [-0.39, 0.29) is 5.78 Å². The molecule has 1 heterocycles. The lowest BCUT2D eigenvalue weighted by Crippen LogP contribution is -1.91. The highest BCUT2D eigenvalue weighted by Gasteiger charge is 2.07. The summed E-state index contributed by atoms with van der Waals surface area (Å²) < 4.78 is 9.25. The Hall–Kier alpha value is -0.410. The second kappa shape index (κ2) is 6.71. The third-order valence-corrected chi connectivity index (χ3v) is 1.08. The van der Waals surface area contributed by atoms with Crippen molar-refractivity contribution in [2.45, 2.75) is 13.3 Å². The monoisotopic (exact) mass is 146 g/mol. The van der Waals surface area contributed by atoms with E-state index < -0.39 is 0 Å². The van der Waals surface area contributed by atoms with Crippen LogP contribution in [0.4, 0.5) is 0 Å². The smallest absolute Gasteiger partial charge is 0.160 e. The van der Waals surface area contributed by atoms with Crippen LogP contribution in [0.5, 0.6) is 0 Å². The van der Waals surface area contributed by atoms with E-state index >= 15 is 0 Å². The molecule has 0 spiro atoms. The van der Waals surface area contributed by atoms with Gasteiger partial charge >= 0.3 is 0 Å². The maximum Gasteiger partial charge on any atom is 0.160 e. The van der Waals surface area contributed by atoms with Gasteiger partial charge in [-0.25, -0.2) is 0 Å². The van der Waals surface area contributed by atoms with Gasteiger partial charge in [-0.15, -0.1) is 0 Å². The number of ether oxygens (including phenoxy) is 2. The molecule has 0 atom stereocenters. The predicted octanol–water partition coefficient (Wildman–Crippen LogP) is 0.629. The van der Waals surface area contributed by atoms with Crippen molar-refractivity contribution in [1.29, 1.82) is 0 Å². The number of hydrogen-bond donors (Lipinski definition) is 0. The van der Waals surface area contributed by atoms with Crippen LogP contribution in [0.25, 0.3) is 0 Å². The Kier molecular flexibility index (Phi) is 6.43. The Balaban J connectivity index is 0.000000180. The van der Waals surface area contributed by atoms with Crippen LogP contribution in [0.2, 0.25) is 0 Å². The maximum absolute atomic E-state index is 10.1. The average molecular weight is 146 g/mol. The van der Waals surface area contributed by atoms with Gasteiger partial charge in [0.2, 0.25) is 0 Å². The minimum absolute atomic E-state index is 0.231. The molecule has 0 aliphatic carbocycles. The number of Topliss-reactive ketones (excluding diaryl/α,β-unsaturated/α-hetero) is 1. The van der Waals surface area contributed by atoms with Crippen LogP contribution >= 0.6 is 0 Å². The Morgan fingerprint density at radius 3 is 2.40 bits per heavy atom. The zero-order valence-electron chi connectivity index (χ0n) is 6.55. The molecule has 0 aromatic rings. The zero-order valence-corrected chi connectivity index (χ0v) is 6.55. The van der Waals surface area contributed by atoms with Gasteiger partial charge in [-0.3, -0.25) is 4.79 Å². The fourth-order valence-electron chi connectivity index (χ4n) is 0.444. The minimum Gasteiger partial charge on any atom is -0.385 e. The van der Waals surface area contributed by atoms with Gasteiger partial charge in [-0.1, -0.05) is 0 Å². The maximum atomic E-state index is 10.1. The fraction of sp³-hybridized carbons (Fsp3) is 0.857. The number of carbonyl (C=O) groups is 1. The number of rotatable bonds is 1. The van der Waals surface area contributed by atoms with Gasteiger partial charge in [0.25, 0.3) is 0 Å². The molecule has 60 valence electrons. The Bertz CT molecular complexity index is 80.9. The van der Waals surface area contributed by atoms with Crippen LogP contribution in [0, 0.1) is 0 Å². The highest BCUT2D eigenvalue weighted by molar-refractivity contribution is 5.81.